The van der Waals surface area contributed by atoms with E-state index in [2.05, 4.69) is 10.2 Å². The van der Waals surface area contributed by atoms with Gasteiger partial charge in [0.1, 0.15) is 17.4 Å². The summed E-state index contributed by atoms with van der Waals surface area (Å²) in [5.41, 5.74) is 6.21. The van der Waals surface area contributed by atoms with Gasteiger partial charge in [-0.1, -0.05) is 0 Å². The van der Waals surface area contributed by atoms with Gasteiger partial charge in [0.05, 0.1) is 5.56 Å². The van der Waals surface area contributed by atoms with Crippen LogP contribution in [0.1, 0.15) is 12.2 Å². The molecule has 0 saturated carbocycles. The number of hydrogen-bond acceptors (Lipinski definition) is 4. The quantitative estimate of drug-likeness (QED) is 0.855. The van der Waals surface area contributed by atoms with Gasteiger partial charge in [0.15, 0.2) is 5.82 Å². The molecule has 6 heteroatoms. The van der Waals surface area contributed by atoms with Gasteiger partial charge in [-0.2, -0.15) is 0 Å². The van der Waals surface area contributed by atoms with Crippen molar-refractivity contribution in [2.24, 2.45) is 11.7 Å². The molecule has 2 aromatic rings. The molecule has 1 atom stereocenters. The highest BCUT2D eigenvalue weighted by molar-refractivity contribution is 5.64. The molecule has 1 aliphatic heterocycles. The van der Waals surface area contributed by atoms with E-state index in [9.17, 15) is 9.50 Å². The number of nitrogens with two attached hydrogens (primary N) is 1. The second kappa shape index (κ2) is 4.62. The molecule has 0 saturated heterocycles. The van der Waals surface area contributed by atoms with Crippen LogP contribution in [0.2, 0.25) is 0 Å². The third-order valence-electron chi connectivity index (χ3n) is 3.58. The van der Waals surface area contributed by atoms with Crippen LogP contribution in [0.25, 0.3) is 11.4 Å². The molecule has 1 aliphatic rings. The fraction of sp³-hybridized carbons (Fsp3) is 0.385. The average molecular weight is 262 g/mol. The molecule has 19 heavy (non-hydrogen) atoms. The minimum atomic E-state index is -0.473. The summed E-state index contributed by atoms with van der Waals surface area (Å²) in [6, 6.07) is 3.91. The van der Waals surface area contributed by atoms with Crippen molar-refractivity contribution in [3.63, 3.8) is 0 Å². The van der Waals surface area contributed by atoms with Crippen molar-refractivity contribution in [1.29, 1.82) is 0 Å². The third kappa shape index (κ3) is 2.08. The van der Waals surface area contributed by atoms with Crippen LogP contribution in [0.15, 0.2) is 18.2 Å². The van der Waals surface area contributed by atoms with Gasteiger partial charge in [-0.15, -0.1) is 10.2 Å². The Labute approximate surface area is 109 Å². The van der Waals surface area contributed by atoms with E-state index in [0.29, 0.717) is 23.9 Å². The monoisotopic (exact) mass is 262 g/mol. The molecular weight excluding hydrogens is 247 g/mol. The number of aromatic hydroxyl groups is 1. The summed E-state index contributed by atoms with van der Waals surface area (Å²) in [7, 11) is 0. The number of halogens is 1. The molecule has 0 aliphatic carbocycles. The van der Waals surface area contributed by atoms with Crippen LogP contribution in [0.3, 0.4) is 0 Å². The van der Waals surface area contributed by atoms with Crippen LogP contribution >= 0.6 is 0 Å². The Balaban J connectivity index is 2.05. The van der Waals surface area contributed by atoms with Gasteiger partial charge >= 0.3 is 0 Å². The Kier molecular flexibility index (Phi) is 2.94. The highest BCUT2D eigenvalue weighted by Crippen LogP contribution is 2.31. The molecule has 1 aromatic heterocycles. The zero-order valence-electron chi connectivity index (χ0n) is 10.4. The Bertz CT molecular complexity index is 611. The molecular formula is C13H15FN4O. The summed E-state index contributed by atoms with van der Waals surface area (Å²) in [4.78, 5) is 0. The van der Waals surface area contributed by atoms with Crippen molar-refractivity contribution in [3.05, 3.63) is 29.8 Å². The second-order valence-corrected chi connectivity index (χ2v) is 4.85. The van der Waals surface area contributed by atoms with Gasteiger partial charge in [0, 0.05) is 19.0 Å². The van der Waals surface area contributed by atoms with Gasteiger partial charge in [-0.25, -0.2) is 4.39 Å². The van der Waals surface area contributed by atoms with Crippen molar-refractivity contribution in [3.8, 4) is 17.1 Å². The highest BCUT2D eigenvalue weighted by Gasteiger charge is 2.23. The van der Waals surface area contributed by atoms with E-state index >= 15 is 0 Å². The van der Waals surface area contributed by atoms with Gasteiger partial charge in [0.2, 0.25) is 0 Å². The summed E-state index contributed by atoms with van der Waals surface area (Å²) >= 11 is 0. The van der Waals surface area contributed by atoms with Crippen molar-refractivity contribution in [2.75, 3.05) is 6.54 Å². The van der Waals surface area contributed by atoms with Gasteiger partial charge < -0.3 is 15.4 Å². The Morgan fingerprint density at radius 1 is 1.42 bits per heavy atom. The Morgan fingerprint density at radius 3 is 3.00 bits per heavy atom. The van der Waals surface area contributed by atoms with Crippen LogP contribution < -0.4 is 5.73 Å². The van der Waals surface area contributed by atoms with E-state index < -0.39 is 5.82 Å². The molecule has 0 spiro atoms. The number of phenols is 1. The Morgan fingerprint density at radius 2 is 2.26 bits per heavy atom. The van der Waals surface area contributed by atoms with Crippen molar-refractivity contribution < 1.29 is 9.50 Å². The second-order valence-electron chi connectivity index (χ2n) is 4.85. The van der Waals surface area contributed by atoms with Crippen molar-refractivity contribution in [1.82, 2.24) is 14.8 Å². The summed E-state index contributed by atoms with van der Waals surface area (Å²) in [6.45, 7) is 1.36. The molecule has 0 bridgehead atoms. The maximum Gasteiger partial charge on any atom is 0.167 e. The lowest BCUT2D eigenvalue weighted by Gasteiger charge is -2.23. The van der Waals surface area contributed by atoms with Crippen LogP contribution in [-0.2, 0) is 13.0 Å². The SMILES string of the molecule is NCC1CCc2nnc(-c3ccc(F)cc3O)n2C1. The molecule has 0 radical (unpaired) electrons. The van der Waals surface area contributed by atoms with E-state index in [4.69, 9.17) is 5.73 Å². The maximum absolute atomic E-state index is 13.0. The summed E-state index contributed by atoms with van der Waals surface area (Å²) in [5, 5.41) is 18.1. The third-order valence-corrected chi connectivity index (χ3v) is 3.58. The minimum Gasteiger partial charge on any atom is -0.507 e. The smallest absolute Gasteiger partial charge is 0.167 e. The van der Waals surface area contributed by atoms with Crippen molar-refractivity contribution in [2.45, 2.75) is 19.4 Å². The number of phenolic OH excluding ortho intramolecular Hbond substituents is 1. The lowest BCUT2D eigenvalue weighted by Crippen LogP contribution is -2.26. The standard InChI is InChI=1S/C13H15FN4O/c14-9-2-3-10(11(19)5-9)13-17-16-12-4-1-8(6-15)7-18(12)13/h2-3,5,8,19H,1,4,6-7,15H2. The molecule has 100 valence electrons. The fourth-order valence-electron chi connectivity index (χ4n) is 2.48. The lowest BCUT2D eigenvalue weighted by molar-refractivity contribution is 0.375. The molecule has 5 nitrogen and oxygen atoms in total. The van der Waals surface area contributed by atoms with Crippen LogP contribution in [0.4, 0.5) is 4.39 Å². The summed E-state index contributed by atoms with van der Waals surface area (Å²) < 4.78 is 15.0. The van der Waals surface area contributed by atoms with E-state index in [1.807, 2.05) is 4.57 Å². The van der Waals surface area contributed by atoms with Gasteiger partial charge in [-0.05, 0) is 31.0 Å². The number of nitrogens with zero attached hydrogens (tertiary/aromatic N) is 3. The number of hydrogen-bond donors (Lipinski definition) is 2. The number of benzene rings is 1. The molecule has 3 N–H and O–H groups in total. The zero-order chi connectivity index (χ0) is 13.4. The summed E-state index contributed by atoms with van der Waals surface area (Å²) in [6.07, 6.45) is 1.83. The normalized spacial score (nSPS) is 18.3. The van der Waals surface area contributed by atoms with Gasteiger partial charge in [-0.3, -0.25) is 0 Å². The topological polar surface area (TPSA) is 77.0 Å². The minimum absolute atomic E-state index is 0.120. The maximum atomic E-state index is 13.0. The number of rotatable bonds is 2. The number of aromatic nitrogens is 3. The summed E-state index contributed by atoms with van der Waals surface area (Å²) in [5.74, 6) is 1.27. The van der Waals surface area contributed by atoms with E-state index in [1.165, 1.54) is 12.1 Å². The van der Waals surface area contributed by atoms with E-state index in [-0.39, 0.29) is 5.75 Å². The number of aryl methyl sites for hydroxylation is 1. The first-order valence-electron chi connectivity index (χ1n) is 6.30. The molecule has 2 heterocycles. The average Bonchev–Trinajstić information content (AvgIpc) is 2.81. The highest BCUT2D eigenvalue weighted by atomic mass is 19.1. The largest absolute Gasteiger partial charge is 0.507 e. The molecule has 1 aromatic carbocycles. The zero-order valence-corrected chi connectivity index (χ0v) is 10.4. The van der Waals surface area contributed by atoms with Crippen LogP contribution in [-0.4, -0.2) is 26.4 Å². The van der Waals surface area contributed by atoms with Crippen LogP contribution in [0.5, 0.6) is 5.75 Å². The Hall–Kier alpha value is -1.95. The first kappa shape index (κ1) is 12.1. The van der Waals surface area contributed by atoms with Crippen molar-refractivity contribution >= 4 is 0 Å². The molecule has 1 unspecified atom stereocenters. The fourth-order valence-corrected chi connectivity index (χ4v) is 2.48. The molecule has 0 fully saturated rings. The van der Waals surface area contributed by atoms with E-state index in [0.717, 1.165) is 31.3 Å². The van der Waals surface area contributed by atoms with Gasteiger partial charge in [0.25, 0.3) is 0 Å². The number of fused-ring (bicyclic) bond motifs is 1. The first-order valence-corrected chi connectivity index (χ1v) is 6.30. The first-order chi connectivity index (χ1) is 9.19. The predicted molar refractivity (Wildman–Crippen MR) is 67.9 cm³/mol. The lowest BCUT2D eigenvalue weighted by atomic mass is 9.99. The van der Waals surface area contributed by atoms with E-state index in [1.54, 1.807) is 0 Å². The van der Waals surface area contributed by atoms with Crippen LogP contribution in [0, 0.1) is 11.7 Å². The predicted octanol–water partition coefficient (Wildman–Crippen LogP) is 1.31. The molecule has 3 rings (SSSR count). The molecule has 0 amide bonds.